The van der Waals surface area contributed by atoms with E-state index in [1.54, 1.807) is 12.1 Å². The van der Waals surface area contributed by atoms with Gasteiger partial charge in [0.05, 0.1) is 11.8 Å². The van der Waals surface area contributed by atoms with Gasteiger partial charge in [0, 0.05) is 5.56 Å². The summed E-state index contributed by atoms with van der Waals surface area (Å²) in [4.78, 5) is 49.9. The number of benzene rings is 1. The zero-order valence-electron chi connectivity index (χ0n) is 14.6. The third-order valence-electron chi connectivity index (χ3n) is 5.28. The Labute approximate surface area is 155 Å². The van der Waals surface area contributed by atoms with E-state index < -0.39 is 24.9 Å². The summed E-state index contributed by atoms with van der Waals surface area (Å²) in [6.07, 6.45) is 3.21. The van der Waals surface area contributed by atoms with Crippen molar-refractivity contribution in [3.63, 3.8) is 0 Å². The molecule has 3 aliphatic rings. The van der Waals surface area contributed by atoms with Crippen molar-refractivity contribution < 1.29 is 33.4 Å². The number of fused-ring (bicyclic) bond motifs is 2. The van der Waals surface area contributed by atoms with Crippen LogP contribution in [0.2, 0.25) is 0 Å². The van der Waals surface area contributed by atoms with Gasteiger partial charge in [0.25, 0.3) is 0 Å². The van der Waals surface area contributed by atoms with Gasteiger partial charge < -0.3 is 14.2 Å². The molecule has 0 aromatic heterocycles. The SMILES string of the molecule is O=C(CN1C(=O)[C@@H]2CCCC[C@H]2C1=O)OCC(=O)c1ccc2c(c1)OCO2. The number of ketones is 1. The second-order valence-electron chi connectivity index (χ2n) is 6.91. The Morgan fingerprint density at radius 3 is 2.41 bits per heavy atom. The zero-order chi connectivity index (χ0) is 19.0. The van der Waals surface area contributed by atoms with E-state index in [0.717, 1.165) is 17.7 Å². The second-order valence-corrected chi connectivity index (χ2v) is 6.91. The molecule has 142 valence electrons. The van der Waals surface area contributed by atoms with Crippen LogP contribution in [0.1, 0.15) is 36.0 Å². The largest absolute Gasteiger partial charge is 0.456 e. The number of imide groups is 1. The molecule has 1 saturated carbocycles. The van der Waals surface area contributed by atoms with E-state index in [-0.39, 0.29) is 30.4 Å². The standard InChI is InChI=1S/C19H19NO7/c21-14(11-5-6-15-16(7-11)27-10-26-15)9-25-17(22)8-20-18(23)12-3-1-2-4-13(12)19(20)24/h5-7,12-13H,1-4,8-10H2/t12-,13-/m1/s1. The minimum absolute atomic E-state index is 0.0991. The normalized spacial score (nSPS) is 23.3. The van der Waals surface area contributed by atoms with Crippen LogP contribution < -0.4 is 9.47 Å². The number of rotatable bonds is 5. The molecule has 0 spiro atoms. The summed E-state index contributed by atoms with van der Waals surface area (Å²) >= 11 is 0. The third kappa shape index (κ3) is 3.27. The molecule has 2 heterocycles. The van der Waals surface area contributed by atoms with E-state index in [4.69, 9.17) is 14.2 Å². The first-order valence-corrected chi connectivity index (χ1v) is 8.98. The quantitative estimate of drug-likeness (QED) is 0.436. The first-order chi connectivity index (χ1) is 13.0. The molecule has 8 heteroatoms. The molecule has 0 unspecified atom stereocenters. The van der Waals surface area contributed by atoms with E-state index in [1.807, 2.05) is 0 Å². The highest BCUT2D eigenvalue weighted by Gasteiger charge is 2.48. The zero-order valence-corrected chi connectivity index (χ0v) is 14.6. The minimum Gasteiger partial charge on any atom is -0.456 e. The van der Waals surface area contributed by atoms with Gasteiger partial charge in [-0.05, 0) is 31.0 Å². The predicted octanol–water partition coefficient (Wildman–Crippen LogP) is 1.32. The molecular weight excluding hydrogens is 354 g/mol. The fraction of sp³-hybridized carbons (Fsp3) is 0.474. The van der Waals surface area contributed by atoms with Crippen LogP contribution in [0.4, 0.5) is 0 Å². The smallest absolute Gasteiger partial charge is 0.326 e. The van der Waals surface area contributed by atoms with Crippen LogP contribution in [0.25, 0.3) is 0 Å². The van der Waals surface area contributed by atoms with Crippen molar-refractivity contribution in [1.82, 2.24) is 4.90 Å². The summed E-state index contributed by atoms with van der Waals surface area (Å²) in [5, 5.41) is 0. The Morgan fingerprint density at radius 1 is 1.04 bits per heavy atom. The molecular formula is C19H19NO7. The maximum Gasteiger partial charge on any atom is 0.326 e. The number of ether oxygens (including phenoxy) is 3. The number of likely N-dealkylation sites (tertiary alicyclic amines) is 1. The van der Waals surface area contributed by atoms with Gasteiger partial charge >= 0.3 is 5.97 Å². The molecule has 4 rings (SSSR count). The van der Waals surface area contributed by atoms with Crippen molar-refractivity contribution in [2.45, 2.75) is 25.7 Å². The first-order valence-electron chi connectivity index (χ1n) is 8.98. The lowest BCUT2D eigenvalue weighted by molar-refractivity contribution is -0.152. The summed E-state index contributed by atoms with van der Waals surface area (Å²) in [6, 6.07) is 4.69. The van der Waals surface area contributed by atoms with Crippen molar-refractivity contribution in [3.8, 4) is 11.5 Å². The topological polar surface area (TPSA) is 99.2 Å². The lowest BCUT2D eigenvalue weighted by atomic mass is 9.81. The van der Waals surface area contributed by atoms with E-state index in [9.17, 15) is 19.2 Å². The summed E-state index contributed by atoms with van der Waals surface area (Å²) in [7, 11) is 0. The van der Waals surface area contributed by atoms with E-state index in [2.05, 4.69) is 0 Å². The predicted molar refractivity (Wildman–Crippen MR) is 90.0 cm³/mol. The van der Waals surface area contributed by atoms with Crippen LogP contribution in [0.15, 0.2) is 18.2 Å². The molecule has 1 aromatic rings. The summed E-state index contributed by atoms with van der Waals surface area (Å²) in [5.41, 5.74) is 0.325. The molecule has 2 atom stereocenters. The molecule has 0 radical (unpaired) electrons. The lowest BCUT2D eigenvalue weighted by Crippen LogP contribution is -2.37. The molecule has 2 amide bonds. The molecule has 2 aliphatic heterocycles. The highest BCUT2D eigenvalue weighted by atomic mass is 16.7. The van der Waals surface area contributed by atoms with Gasteiger partial charge in [-0.2, -0.15) is 0 Å². The monoisotopic (exact) mass is 373 g/mol. The summed E-state index contributed by atoms with van der Waals surface area (Å²) in [5.74, 6) is -1.39. The van der Waals surface area contributed by atoms with Gasteiger partial charge in [0.1, 0.15) is 6.54 Å². The molecule has 1 saturated heterocycles. The number of Topliss-reactive ketones (excluding diaryl/α,β-unsaturated/α-hetero) is 1. The number of nitrogens with zero attached hydrogens (tertiary/aromatic N) is 1. The number of carbonyl (C=O) groups excluding carboxylic acids is 4. The van der Waals surface area contributed by atoms with Crippen molar-refractivity contribution >= 4 is 23.6 Å². The van der Waals surface area contributed by atoms with Gasteiger partial charge in [0.15, 0.2) is 23.9 Å². The molecule has 8 nitrogen and oxygen atoms in total. The molecule has 27 heavy (non-hydrogen) atoms. The number of amides is 2. The Kier molecular flexibility index (Phi) is 4.55. The van der Waals surface area contributed by atoms with Gasteiger partial charge in [-0.1, -0.05) is 12.8 Å². The molecule has 2 fully saturated rings. The van der Waals surface area contributed by atoms with Crippen LogP contribution in [0, 0.1) is 11.8 Å². The van der Waals surface area contributed by atoms with E-state index in [0.29, 0.717) is 29.9 Å². The minimum atomic E-state index is -0.774. The second kappa shape index (κ2) is 7.02. The van der Waals surface area contributed by atoms with Crippen LogP contribution in [0.3, 0.4) is 0 Å². The van der Waals surface area contributed by atoms with Gasteiger partial charge in [-0.15, -0.1) is 0 Å². The Bertz CT molecular complexity index is 794. The number of hydrogen-bond donors (Lipinski definition) is 0. The highest BCUT2D eigenvalue weighted by molar-refractivity contribution is 6.07. The van der Waals surface area contributed by atoms with E-state index in [1.165, 1.54) is 6.07 Å². The van der Waals surface area contributed by atoms with Crippen molar-refractivity contribution in [2.75, 3.05) is 19.9 Å². The number of esters is 1. The number of carbonyl (C=O) groups is 4. The van der Waals surface area contributed by atoms with Crippen molar-refractivity contribution in [2.24, 2.45) is 11.8 Å². The Hall–Kier alpha value is -2.90. The van der Waals surface area contributed by atoms with Crippen LogP contribution in [-0.4, -0.2) is 48.4 Å². The molecule has 1 aliphatic carbocycles. The highest BCUT2D eigenvalue weighted by Crippen LogP contribution is 2.38. The average Bonchev–Trinajstić information content (AvgIpc) is 3.25. The average molecular weight is 373 g/mol. The maximum atomic E-state index is 12.4. The van der Waals surface area contributed by atoms with Crippen LogP contribution in [0.5, 0.6) is 11.5 Å². The molecule has 1 aromatic carbocycles. The Balaban J connectivity index is 1.32. The lowest BCUT2D eigenvalue weighted by Gasteiger charge is -2.19. The van der Waals surface area contributed by atoms with E-state index >= 15 is 0 Å². The Morgan fingerprint density at radius 2 is 1.70 bits per heavy atom. The number of hydrogen-bond acceptors (Lipinski definition) is 7. The van der Waals surface area contributed by atoms with Gasteiger partial charge in [0.2, 0.25) is 18.6 Å². The fourth-order valence-electron chi connectivity index (χ4n) is 3.86. The van der Waals surface area contributed by atoms with Gasteiger partial charge in [-0.3, -0.25) is 24.1 Å². The fourth-order valence-corrected chi connectivity index (χ4v) is 3.86. The molecule has 0 N–H and O–H groups in total. The van der Waals surface area contributed by atoms with Crippen molar-refractivity contribution in [3.05, 3.63) is 23.8 Å². The van der Waals surface area contributed by atoms with Crippen LogP contribution in [-0.2, 0) is 19.1 Å². The van der Waals surface area contributed by atoms with Crippen molar-refractivity contribution in [1.29, 1.82) is 0 Å². The summed E-state index contributed by atoms with van der Waals surface area (Å²) in [6.45, 7) is -0.817. The van der Waals surface area contributed by atoms with Gasteiger partial charge in [-0.25, -0.2) is 0 Å². The first kappa shape index (κ1) is 17.5. The maximum absolute atomic E-state index is 12.4. The summed E-state index contributed by atoms with van der Waals surface area (Å²) < 4.78 is 15.4. The van der Waals surface area contributed by atoms with Crippen LogP contribution >= 0.6 is 0 Å². The molecule has 0 bridgehead atoms. The third-order valence-corrected chi connectivity index (χ3v) is 5.28.